The monoisotopic (exact) mass is 212 g/mol. The molecule has 0 heterocycles. The average Bonchev–Trinajstić information content (AvgIpc) is 2.30. The number of carboxylic acid groups (broad SMARTS) is 1. The molecule has 1 unspecified atom stereocenters. The Kier molecular flexibility index (Phi) is 1.93. The summed E-state index contributed by atoms with van der Waals surface area (Å²) in [5.41, 5.74) is -4.00. The maximum absolute atomic E-state index is 13.4. The van der Waals surface area contributed by atoms with Crippen molar-refractivity contribution < 1.29 is 27.3 Å². The van der Waals surface area contributed by atoms with E-state index in [0.29, 0.717) is 0 Å². The number of alkyl halides is 1. The summed E-state index contributed by atoms with van der Waals surface area (Å²) in [5, 5.41) is 8.53. The van der Waals surface area contributed by atoms with Gasteiger partial charge in [-0.1, -0.05) is 0 Å². The molecule has 0 aromatic rings. The van der Waals surface area contributed by atoms with Gasteiger partial charge in [-0.2, -0.15) is 8.42 Å². The van der Waals surface area contributed by atoms with Crippen LogP contribution in [0.2, 0.25) is 0 Å². The van der Waals surface area contributed by atoms with Crippen molar-refractivity contribution in [3.63, 3.8) is 0 Å². The summed E-state index contributed by atoms with van der Waals surface area (Å²) in [6.45, 7) is 1.11. The highest BCUT2D eigenvalue weighted by Gasteiger charge is 2.72. The van der Waals surface area contributed by atoms with Gasteiger partial charge in [0.25, 0.3) is 10.1 Å². The Morgan fingerprint density at radius 3 is 2.31 bits per heavy atom. The maximum Gasteiger partial charge on any atom is 0.312 e. The minimum absolute atomic E-state index is 0.380. The lowest BCUT2D eigenvalue weighted by Gasteiger charge is -2.08. The molecule has 13 heavy (non-hydrogen) atoms. The molecule has 1 rings (SSSR count). The summed E-state index contributed by atoms with van der Waals surface area (Å²) in [5.74, 6) is -2.54. The van der Waals surface area contributed by atoms with Crippen molar-refractivity contribution in [1.29, 1.82) is 0 Å². The van der Waals surface area contributed by atoms with Gasteiger partial charge < -0.3 is 5.11 Å². The van der Waals surface area contributed by atoms with Gasteiger partial charge in [-0.3, -0.25) is 9.35 Å². The first kappa shape index (κ1) is 10.4. The lowest BCUT2D eigenvalue weighted by atomic mass is 10.1. The molecule has 7 heteroatoms. The molecule has 0 aliphatic heterocycles. The third kappa shape index (κ3) is 1.66. The van der Waals surface area contributed by atoms with Gasteiger partial charge >= 0.3 is 5.97 Å². The molecular weight excluding hydrogens is 203 g/mol. The van der Waals surface area contributed by atoms with E-state index in [9.17, 15) is 17.6 Å². The smallest absolute Gasteiger partial charge is 0.312 e. The predicted octanol–water partition coefficient (Wildman–Crippen LogP) is 0.0771. The summed E-state index contributed by atoms with van der Waals surface area (Å²) in [6.07, 6.45) is -0.380. The lowest BCUT2D eigenvalue weighted by molar-refractivity contribution is -0.144. The third-order valence-corrected chi connectivity index (χ3v) is 3.20. The van der Waals surface area contributed by atoms with Crippen LogP contribution in [0.15, 0.2) is 0 Å². The van der Waals surface area contributed by atoms with Crippen LogP contribution < -0.4 is 0 Å². The third-order valence-electron chi connectivity index (χ3n) is 2.38. The number of hydrogen-bond acceptors (Lipinski definition) is 3. The Balaban J connectivity index is 2.82. The van der Waals surface area contributed by atoms with Crippen molar-refractivity contribution in [2.24, 2.45) is 5.41 Å². The van der Waals surface area contributed by atoms with Crippen LogP contribution in [0.4, 0.5) is 4.39 Å². The van der Waals surface area contributed by atoms with Crippen LogP contribution in [-0.2, 0) is 14.9 Å². The van der Waals surface area contributed by atoms with E-state index in [1.807, 2.05) is 0 Å². The summed E-state index contributed by atoms with van der Waals surface area (Å²) in [6, 6.07) is 0. The Hall–Kier alpha value is -0.690. The predicted molar refractivity (Wildman–Crippen MR) is 40.6 cm³/mol. The first-order chi connectivity index (χ1) is 5.61. The molecule has 0 aromatic heterocycles. The number of carbonyl (C=O) groups is 1. The zero-order valence-electron chi connectivity index (χ0n) is 6.82. The molecule has 0 aromatic carbocycles. The highest BCUT2D eigenvalue weighted by Crippen LogP contribution is 2.59. The molecule has 1 aliphatic carbocycles. The van der Waals surface area contributed by atoms with Crippen LogP contribution >= 0.6 is 0 Å². The average molecular weight is 212 g/mol. The minimum atomic E-state index is -4.46. The van der Waals surface area contributed by atoms with Crippen molar-refractivity contribution in [3.05, 3.63) is 0 Å². The van der Waals surface area contributed by atoms with Gasteiger partial charge in [-0.25, -0.2) is 4.39 Å². The molecule has 0 radical (unpaired) electrons. The van der Waals surface area contributed by atoms with E-state index in [4.69, 9.17) is 9.66 Å². The van der Waals surface area contributed by atoms with E-state index in [2.05, 4.69) is 0 Å². The van der Waals surface area contributed by atoms with Crippen molar-refractivity contribution in [2.75, 3.05) is 5.75 Å². The molecular formula is C6H9FO5S. The van der Waals surface area contributed by atoms with Crippen molar-refractivity contribution in [2.45, 2.75) is 19.0 Å². The SMILES string of the molecule is CC1(C(=O)O)C[C@@]1(F)CS(=O)(=O)O. The second kappa shape index (κ2) is 2.42. The van der Waals surface area contributed by atoms with Crippen molar-refractivity contribution >= 4 is 16.1 Å². The Morgan fingerprint density at radius 1 is 1.62 bits per heavy atom. The molecule has 1 fully saturated rings. The quantitative estimate of drug-likeness (QED) is 0.646. The molecule has 2 N–H and O–H groups in total. The fourth-order valence-corrected chi connectivity index (χ4v) is 2.28. The standard InChI is InChI=1S/C6H9FO5S/c1-5(4(8)9)2-6(5,7)3-13(10,11)12/h2-3H2,1H3,(H,8,9)(H,10,11,12)/t5?,6-/m1/s1. The molecule has 0 bridgehead atoms. The topological polar surface area (TPSA) is 91.7 Å². The minimum Gasteiger partial charge on any atom is -0.481 e. The van der Waals surface area contributed by atoms with E-state index in [1.54, 1.807) is 0 Å². The Morgan fingerprint density at radius 2 is 2.08 bits per heavy atom. The van der Waals surface area contributed by atoms with Gasteiger partial charge in [-0.15, -0.1) is 0 Å². The number of hydrogen-bond donors (Lipinski definition) is 2. The largest absolute Gasteiger partial charge is 0.481 e. The van der Waals surface area contributed by atoms with E-state index in [1.165, 1.54) is 0 Å². The summed E-state index contributed by atoms with van der Waals surface area (Å²) >= 11 is 0. The molecule has 0 amide bonds. The lowest BCUT2D eigenvalue weighted by Crippen LogP contribution is -2.28. The molecule has 0 spiro atoms. The van der Waals surface area contributed by atoms with Gasteiger partial charge in [0, 0.05) is 6.42 Å². The fraction of sp³-hybridized carbons (Fsp3) is 0.833. The fourth-order valence-electron chi connectivity index (χ4n) is 1.28. The first-order valence-electron chi connectivity index (χ1n) is 3.48. The Labute approximate surface area is 74.3 Å². The number of carboxylic acids is 1. The van der Waals surface area contributed by atoms with Crippen LogP contribution in [0.3, 0.4) is 0 Å². The zero-order chi connectivity index (χ0) is 10.5. The summed E-state index contributed by atoms with van der Waals surface area (Å²) in [4.78, 5) is 10.5. The van der Waals surface area contributed by atoms with Crippen LogP contribution in [0, 0.1) is 5.41 Å². The molecule has 2 atom stereocenters. The number of rotatable bonds is 3. The molecule has 76 valence electrons. The summed E-state index contributed by atoms with van der Waals surface area (Å²) < 4.78 is 42.4. The maximum atomic E-state index is 13.4. The molecule has 1 saturated carbocycles. The van der Waals surface area contributed by atoms with Gasteiger partial charge in [0.05, 0.1) is 0 Å². The van der Waals surface area contributed by atoms with Gasteiger partial charge in [0.2, 0.25) is 0 Å². The van der Waals surface area contributed by atoms with Crippen molar-refractivity contribution in [1.82, 2.24) is 0 Å². The highest BCUT2D eigenvalue weighted by atomic mass is 32.2. The molecule has 5 nitrogen and oxygen atoms in total. The van der Waals surface area contributed by atoms with E-state index in [0.717, 1.165) is 6.92 Å². The van der Waals surface area contributed by atoms with Gasteiger partial charge in [0.15, 0.2) is 0 Å². The second-order valence-corrected chi connectivity index (χ2v) is 4.96. The summed E-state index contributed by atoms with van der Waals surface area (Å²) in [7, 11) is -4.46. The van der Waals surface area contributed by atoms with Crippen LogP contribution in [0.1, 0.15) is 13.3 Å². The highest BCUT2D eigenvalue weighted by molar-refractivity contribution is 7.85. The van der Waals surface area contributed by atoms with Crippen molar-refractivity contribution in [3.8, 4) is 0 Å². The van der Waals surface area contributed by atoms with Crippen LogP contribution in [0.25, 0.3) is 0 Å². The number of aliphatic carboxylic acids is 1. The van der Waals surface area contributed by atoms with E-state index >= 15 is 0 Å². The normalized spacial score (nSPS) is 38.7. The molecule has 1 aliphatic rings. The van der Waals surface area contributed by atoms with Crippen LogP contribution in [-0.4, -0.2) is 35.5 Å². The van der Waals surface area contributed by atoms with E-state index < -0.39 is 32.9 Å². The molecule has 0 saturated heterocycles. The first-order valence-corrected chi connectivity index (χ1v) is 5.09. The Bertz CT molecular complexity index is 350. The second-order valence-electron chi connectivity index (χ2n) is 3.51. The zero-order valence-corrected chi connectivity index (χ0v) is 7.64. The van der Waals surface area contributed by atoms with E-state index in [-0.39, 0.29) is 6.42 Å². The van der Waals surface area contributed by atoms with Gasteiger partial charge in [0.1, 0.15) is 16.8 Å². The van der Waals surface area contributed by atoms with Crippen LogP contribution in [0.5, 0.6) is 0 Å². The number of halogens is 1. The van der Waals surface area contributed by atoms with Gasteiger partial charge in [-0.05, 0) is 6.92 Å².